The molecule has 2 N–H and O–H groups in total. The molecule has 0 saturated carbocycles. The average Bonchev–Trinajstić information content (AvgIpc) is 2.96. The molecule has 5 nitrogen and oxygen atoms in total. The predicted molar refractivity (Wildman–Crippen MR) is 153 cm³/mol. The van der Waals surface area contributed by atoms with Gasteiger partial charge < -0.3 is 19.7 Å². The summed E-state index contributed by atoms with van der Waals surface area (Å²) >= 11 is 0. The smallest absolute Gasteiger partial charge is 0.333 e. The molecule has 0 aliphatic carbocycles. The molecule has 3 aromatic rings. The second-order valence-electron chi connectivity index (χ2n) is 10.00. The van der Waals surface area contributed by atoms with Gasteiger partial charge in [-0.15, -0.1) is 0 Å². The molecule has 0 atom stereocenters. The zero-order valence-electron chi connectivity index (χ0n) is 23.1. The Bertz CT molecular complexity index is 1250. The van der Waals surface area contributed by atoms with Crippen molar-refractivity contribution in [1.82, 2.24) is 0 Å². The van der Waals surface area contributed by atoms with E-state index in [1.165, 1.54) is 0 Å². The Labute approximate surface area is 230 Å². The van der Waals surface area contributed by atoms with Crippen molar-refractivity contribution in [3.8, 4) is 28.0 Å². The minimum Gasteiger partial charge on any atom is -0.490 e. The zero-order chi connectivity index (χ0) is 28.4. The summed E-state index contributed by atoms with van der Waals surface area (Å²) in [6.45, 7) is 9.44. The molecule has 0 aliphatic heterocycles. The van der Waals surface area contributed by atoms with Crippen molar-refractivity contribution >= 4 is 5.97 Å². The molecule has 208 valence electrons. The average molecular weight is 535 g/mol. The van der Waals surface area contributed by atoms with E-state index in [1.807, 2.05) is 43.3 Å². The first kappa shape index (κ1) is 30.1. The molecular formula is C33H39FO5. The van der Waals surface area contributed by atoms with Crippen LogP contribution in [0.4, 0.5) is 4.39 Å². The zero-order valence-corrected chi connectivity index (χ0v) is 23.1. The second-order valence-corrected chi connectivity index (χ2v) is 10.00. The number of hydrogen-bond acceptors (Lipinski definition) is 5. The maximum atomic E-state index is 15.4. The number of aryl methyl sites for hydroxylation is 2. The third-order valence-electron chi connectivity index (χ3n) is 7.30. The van der Waals surface area contributed by atoms with Crippen LogP contribution in [0, 0.1) is 11.2 Å². The summed E-state index contributed by atoms with van der Waals surface area (Å²) in [6.07, 6.45) is 2.90. The van der Waals surface area contributed by atoms with Crippen LogP contribution >= 0.6 is 0 Å². The van der Waals surface area contributed by atoms with Crippen molar-refractivity contribution in [3.63, 3.8) is 0 Å². The molecule has 39 heavy (non-hydrogen) atoms. The molecule has 0 radical (unpaired) electrons. The van der Waals surface area contributed by atoms with Crippen molar-refractivity contribution in [1.29, 1.82) is 0 Å². The fraction of sp³-hybridized carbons (Fsp3) is 0.364. The lowest BCUT2D eigenvalue weighted by atomic mass is 9.81. The van der Waals surface area contributed by atoms with Gasteiger partial charge in [-0.1, -0.05) is 62.9 Å². The monoisotopic (exact) mass is 534 g/mol. The first-order chi connectivity index (χ1) is 18.8. The van der Waals surface area contributed by atoms with Gasteiger partial charge in [-0.25, -0.2) is 9.18 Å². The Kier molecular flexibility index (Phi) is 10.8. The van der Waals surface area contributed by atoms with E-state index >= 15 is 4.39 Å². The molecule has 0 saturated heterocycles. The van der Waals surface area contributed by atoms with E-state index in [9.17, 15) is 15.0 Å². The third kappa shape index (κ3) is 7.78. The summed E-state index contributed by atoms with van der Waals surface area (Å²) in [6, 6.07) is 18.7. The Balaban J connectivity index is 1.70. The number of carbonyl (C=O) groups is 1. The molecular weight excluding hydrogens is 495 g/mol. The number of ether oxygens (including phenoxy) is 2. The largest absolute Gasteiger partial charge is 0.490 e. The number of esters is 1. The Hall–Kier alpha value is -3.48. The van der Waals surface area contributed by atoms with Crippen molar-refractivity contribution in [2.24, 2.45) is 5.41 Å². The van der Waals surface area contributed by atoms with E-state index in [-0.39, 0.29) is 32.2 Å². The molecule has 0 aromatic heterocycles. The van der Waals surface area contributed by atoms with Gasteiger partial charge in [-0.05, 0) is 78.6 Å². The Morgan fingerprint density at radius 3 is 2.18 bits per heavy atom. The molecule has 6 heteroatoms. The van der Waals surface area contributed by atoms with Crippen LogP contribution in [0.25, 0.3) is 22.3 Å². The minimum absolute atomic E-state index is 0.0427. The molecule has 0 unspecified atom stereocenters. The minimum atomic E-state index is -0.475. The van der Waals surface area contributed by atoms with Crippen LogP contribution in [0.1, 0.15) is 44.7 Å². The van der Waals surface area contributed by atoms with Crippen LogP contribution in [-0.2, 0) is 22.4 Å². The summed E-state index contributed by atoms with van der Waals surface area (Å²) in [5.74, 6) is -0.107. The summed E-state index contributed by atoms with van der Waals surface area (Å²) in [4.78, 5) is 11.4. The van der Waals surface area contributed by atoms with E-state index in [4.69, 9.17) is 9.47 Å². The molecule has 0 spiro atoms. The normalized spacial score (nSPS) is 11.3. The molecule has 0 fully saturated rings. The lowest BCUT2D eigenvalue weighted by molar-refractivity contribution is -0.139. The number of rotatable bonds is 14. The van der Waals surface area contributed by atoms with Gasteiger partial charge in [0.1, 0.15) is 24.8 Å². The Morgan fingerprint density at radius 2 is 1.59 bits per heavy atom. The van der Waals surface area contributed by atoms with Crippen molar-refractivity contribution in [2.45, 2.75) is 46.5 Å². The van der Waals surface area contributed by atoms with Crippen LogP contribution in [-0.4, -0.2) is 42.6 Å². The standard InChI is InChI=1S/C33H39FO5/c1-5-25-19-24(15-16-33(6-2,21-35)22-36)7-13-29(25)30-14-10-27(20-31(30)34)26-8-11-28(12-9-26)38-17-18-39-32(37)23(3)4/h7-14,19-20,35-36H,3,5-6,15-18,21-22H2,1-2,4H3. The van der Waals surface area contributed by atoms with E-state index in [1.54, 1.807) is 25.1 Å². The number of benzene rings is 3. The molecule has 0 bridgehead atoms. The SMILES string of the molecule is C=C(C)C(=O)OCCOc1ccc(-c2ccc(-c3ccc(CCC(CC)(CO)CO)cc3CC)c(F)c2)cc1. The highest BCUT2D eigenvalue weighted by Gasteiger charge is 2.26. The van der Waals surface area contributed by atoms with Crippen molar-refractivity contribution in [3.05, 3.63) is 89.8 Å². The topological polar surface area (TPSA) is 76.0 Å². The highest BCUT2D eigenvalue weighted by molar-refractivity contribution is 5.86. The van der Waals surface area contributed by atoms with Crippen LogP contribution in [0.2, 0.25) is 0 Å². The van der Waals surface area contributed by atoms with Crippen LogP contribution in [0.3, 0.4) is 0 Å². The first-order valence-corrected chi connectivity index (χ1v) is 13.4. The number of halogens is 1. The van der Waals surface area contributed by atoms with Gasteiger partial charge in [-0.2, -0.15) is 0 Å². The Morgan fingerprint density at radius 1 is 0.923 bits per heavy atom. The highest BCUT2D eigenvalue weighted by Crippen LogP contribution is 2.33. The second kappa shape index (κ2) is 14.1. The van der Waals surface area contributed by atoms with Gasteiger partial charge in [0, 0.05) is 16.6 Å². The number of carbonyl (C=O) groups excluding carboxylic acids is 1. The van der Waals surface area contributed by atoms with Gasteiger partial charge in [0.05, 0.1) is 13.2 Å². The lowest BCUT2D eigenvalue weighted by Crippen LogP contribution is -2.29. The predicted octanol–water partition coefficient (Wildman–Crippen LogP) is 6.53. The number of aliphatic hydroxyl groups excluding tert-OH is 2. The molecule has 3 aromatic carbocycles. The fourth-order valence-corrected chi connectivity index (χ4v) is 4.45. The summed E-state index contributed by atoms with van der Waals surface area (Å²) in [5, 5.41) is 19.5. The maximum absolute atomic E-state index is 15.4. The first-order valence-electron chi connectivity index (χ1n) is 13.4. The fourth-order valence-electron chi connectivity index (χ4n) is 4.45. The van der Waals surface area contributed by atoms with Gasteiger partial charge in [0.15, 0.2) is 0 Å². The summed E-state index contributed by atoms with van der Waals surface area (Å²) in [7, 11) is 0. The summed E-state index contributed by atoms with van der Waals surface area (Å²) < 4.78 is 26.0. The molecule has 3 rings (SSSR count). The van der Waals surface area contributed by atoms with E-state index in [2.05, 4.69) is 19.6 Å². The molecule has 0 aliphatic rings. The number of aliphatic hydroxyl groups is 2. The van der Waals surface area contributed by atoms with Crippen LogP contribution in [0.5, 0.6) is 5.75 Å². The molecule has 0 amide bonds. The lowest BCUT2D eigenvalue weighted by Gasteiger charge is -2.28. The quantitative estimate of drug-likeness (QED) is 0.140. The van der Waals surface area contributed by atoms with Crippen molar-refractivity contribution in [2.75, 3.05) is 26.4 Å². The van der Waals surface area contributed by atoms with Crippen LogP contribution in [0.15, 0.2) is 72.8 Å². The van der Waals surface area contributed by atoms with E-state index in [0.717, 1.165) is 40.7 Å². The van der Waals surface area contributed by atoms with Crippen molar-refractivity contribution < 1.29 is 28.9 Å². The van der Waals surface area contributed by atoms with Gasteiger partial charge in [0.2, 0.25) is 0 Å². The number of hydrogen-bond donors (Lipinski definition) is 2. The highest BCUT2D eigenvalue weighted by atomic mass is 19.1. The third-order valence-corrected chi connectivity index (χ3v) is 7.30. The van der Waals surface area contributed by atoms with Gasteiger partial charge in [-0.3, -0.25) is 0 Å². The van der Waals surface area contributed by atoms with Gasteiger partial charge in [0.25, 0.3) is 0 Å². The van der Waals surface area contributed by atoms with E-state index in [0.29, 0.717) is 29.7 Å². The van der Waals surface area contributed by atoms with E-state index < -0.39 is 11.4 Å². The van der Waals surface area contributed by atoms with Gasteiger partial charge >= 0.3 is 5.97 Å². The molecule has 0 heterocycles. The summed E-state index contributed by atoms with van der Waals surface area (Å²) in [5.41, 5.74) is 5.09. The van der Waals surface area contributed by atoms with Crippen LogP contribution < -0.4 is 4.74 Å². The maximum Gasteiger partial charge on any atom is 0.333 e.